The van der Waals surface area contributed by atoms with Gasteiger partial charge in [-0.1, -0.05) is 6.08 Å². The molecule has 0 amide bonds. The maximum atomic E-state index is 5.31. The summed E-state index contributed by atoms with van der Waals surface area (Å²) in [6.45, 7) is 8.73. The second-order valence-corrected chi connectivity index (χ2v) is 3.44. The van der Waals surface area contributed by atoms with E-state index in [2.05, 4.69) is 18.8 Å². The highest BCUT2D eigenvalue weighted by Gasteiger charge is 2.19. The number of nitrogens with one attached hydrogen (secondary N) is 1. The first-order chi connectivity index (χ1) is 5.84. The first kappa shape index (κ1) is 9.75. The Morgan fingerprint density at radius 1 is 1.58 bits per heavy atom. The predicted octanol–water partition coefficient (Wildman–Crippen LogP) is 1.58. The van der Waals surface area contributed by atoms with Crippen LogP contribution in [0, 0.1) is 5.92 Å². The molecule has 0 aromatic heterocycles. The Bertz CT molecular complexity index is 130. The topological polar surface area (TPSA) is 21.3 Å². The van der Waals surface area contributed by atoms with Gasteiger partial charge in [0, 0.05) is 25.8 Å². The molecule has 0 aliphatic carbocycles. The fourth-order valence-corrected chi connectivity index (χ4v) is 1.65. The maximum absolute atomic E-state index is 5.31. The van der Waals surface area contributed by atoms with Crippen LogP contribution in [-0.4, -0.2) is 25.8 Å². The molecule has 1 saturated heterocycles. The Balaban J connectivity index is 2.19. The SMILES string of the molecule is C=CCNC(C)C1CCOCC1. The van der Waals surface area contributed by atoms with Crippen LogP contribution in [0.25, 0.3) is 0 Å². The van der Waals surface area contributed by atoms with Gasteiger partial charge in [0.05, 0.1) is 0 Å². The molecule has 1 fully saturated rings. The monoisotopic (exact) mass is 169 g/mol. The average molecular weight is 169 g/mol. The third kappa shape index (κ3) is 2.95. The van der Waals surface area contributed by atoms with E-state index in [4.69, 9.17) is 4.74 Å². The minimum absolute atomic E-state index is 0.604. The molecule has 0 aromatic carbocycles. The molecule has 2 nitrogen and oxygen atoms in total. The highest BCUT2D eigenvalue weighted by Crippen LogP contribution is 2.18. The quantitative estimate of drug-likeness (QED) is 0.645. The van der Waals surface area contributed by atoms with Crippen molar-refractivity contribution in [1.29, 1.82) is 0 Å². The van der Waals surface area contributed by atoms with E-state index in [1.165, 1.54) is 12.8 Å². The van der Waals surface area contributed by atoms with Crippen LogP contribution in [0.5, 0.6) is 0 Å². The van der Waals surface area contributed by atoms with Crippen LogP contribution < -0.4 is 5.32 Å². The summed E-state index contributed by atoms with van der Waals surface area (Å²) in [6, 6.07) is 0.604. The van der Waals surface area contributed by atoms with Crippen molar-refractivity contribution in [2.45, 2.75) is 25.8 Å². The Morgan fingerprint density at radius 2 is 2.25 bits per heavy atom. The van der Waals surface area contributed by atoms with Gasteiger partial charge in [-0.15, -0.1) is 6.58 Å². The molecule has 2 heteroatoms. The summed E-state index contributed by atoms with van der Waals surface area (Å²) in [7, 11) is 0. The summed E-state index contributed by atoms with van der Waals surface area (Å²) in [4.78, 5) is 0. The second kappa shape index (κ2) is 5.33. The van der Waals surface area contributed by atoms with E-state index in [1.54, 1.807) is 0 Å². The van der Waals surface area contributed by atoms with Crippen molar-refractivity contribution in [1.82, 2.24) is 5.32 Å². The number of hydrogen-bond acceptors (Lipinski definition) is 2. The minimum Gasteiger partial charge on any atom is -0.381 e. The standard InChI is InChI=1S/C10H19NO/c1-3-6-11-9(2)10-4-7-12-8-5-10/h3,9-11H,1,4-8H2,2H3. The maximum Gasteiger partial charge on any atom is 0.0469 e. The fourth-order valence-electron chi connectivity index (χ4n) is 1.65. The Morgan fingerprint density at radius 3 is 2.83 bits per heavy atom. The fraction of sp³-hybridized carbons (Fsp3) is 0.800. The number of ether oxygens (including phenoxy) is 1. The lowest BCUT2D eigenvalue weighted by Crippen LogP contribution is -2.36. The van der Waals surface area contributed by atoms with Gasteiger partial charge in [-0.2, -0.15) is 0 Å². The van der Waals surface area contributed by atoms with Crippen LogP contribution in [0.3, 0.4) is 0 Å². The molecule has 0 aromatic rings. The van der Waals surface area contributed by atoms with E-state index in [-0.39, 0.29) is 0 Å². The van der Waals surface area contributed by atoms with Crippen LogP contribution >= 0.6 is 0 Å². The first-order valence-corrected chi connectivity index (χ1v) is 4.76. The van der Waals surface area contributed by atoms with E-state index in [1.807, 2.05) is 6.08 Å². The van der Waals surface area contributed by atoms with E-state index >= 15 is 0 Å². The van der Waals surface area contributed by atoms with E-state index in [0.29, 0.717) is 6.04 Å². The van der Waals surface area contributed by atoms with Crippen molar-refractivity contribution in [2.75, 3.05) is 19.8 Å². The summed E-state index contributed by atoms with van der Waals surface area (Å²) >= 11 is 0. The molecule has 1 heterocycles. The molecule has 0 radical (unpaired) electrons. The van der Waals surface area contributed by atoms with Crippen LogP contribution in [-0.2, 0) is 4.74 Å². The van der Waals surface area contributed by atoms with Gasteiger partial charge in [0.2, 0.25) is 0 Å². The first-order valence-electron chi connectivity index (χ1n) is 4.76. The summed E-state index contributed by atoms with van der Waals surface area (Å²) in [6.07, 6.45) is 4.31. The van der Waals surface area contributed by atoms with Gasteiger partial charge in [-0.3, -0.25) is 0 Å². The van der Waals surface area contributed by atoms with E-state index < -0.39 is 0 Å². The number of hydrogen-bond donors (Lipinski definition) is 1. The largest absolute Gasteiger partial charge is 0.381 e. The van der Waals surface area contributed by atoms with Crippen molar-refractivity contribution in [3.8, 4) is 0 Å². The average Bonchev–Trinajstić information content (AvgIpc) is 2.15. The van der Waals surface area contributed by atoms with Crippen LogP contribution in [0.4, 0.5) is 0 Å². The molecule has 1 N–H and O–H groups in total. The molecule has 0 bridgehead atoms. The summed E-state index contributed by atoms with van der Waals surface area (Å²) in [5.74, 6) is 0.790. The summed E-state index contributed by atoms with van der Waals surface area (Å²) < 4.78 is 5.31. The molecule has 1 unspecified atom stereocenters. The van der Waals surface area contributed by atoms with Crippen molar-refractivity contribution in [2.24, 2.45) is 5.92 Å². The second-order valence-electron chi connectivity index (χ2n) is 3.44. The van der Waals surface area contributed by atoms with Gasteiger partial charge < -0.3 is 10.1 Å². The van der Waals surface area contributed by atoms with Gasteiger partial charge in [-0.25, -0.2) is 0 Å². The zero-order valence-electron chi connectivity index (χ0n) is 7.88. The van der Waals surface area contributed by atoms with Crippen molar-refractivity contribution in [3.05, 3.63) is 12.7 Å². The van der Waals surface area contributed by atoms with E-state index in [0.717, 1.165) is 25.7 Å². The lowest BCUT2D eigenvalue weighted by atomic mass is 9.93. The van der Waals surface area contributed by atoms with Crippen molar-refractivity contribution < 1.29 is 4.74 Å². The molecule has 1 aliphatic heterocycles. The smallest absolute Gasteiger partial charge is 0.0469 e. The van der Waals surface area contributed by atoms with Gasteiger partial charge in [0.1, 0.15) is 0 Å². The highest BCUT2D eigenvalue weighted by atomic mass is 16.5. The zero-order chi connectivity index (χ0) is 8.81. The van der Waals surface area contributed by atoms with E-state index in [9.17, 15) is 0 Å². The lowest BCUT2D eigenvalue weighted by Gasteiger charge is -2.28. The molecule has 1 aliphatic rings. The van der Waals surface area contributed by atoms with Crippen molar-refractivity contribution in [3.63, 3.8) is 0 Å². The molecule has 0 spiro atoms. The van der Waals surface area contributed by atoms with Crippen molar-refractivity contribution >= 4 is 0 Å². The Kier molecular flexibility index (Phi) is 4.33. The zero-order valence-corrected chi connectivity index (χ0v) is 7.88. The molecular weight excluding hydrogens is 150 g/mol. The number of rotatable bonds is 4. The van der Waals surface area contributed by atoms with Gasteiger partial charge >= 0.3 is 0 Å². The lowest BCUT2D eigenvalue weighted by molar-refractivity contribution is 0.0564. The Labute approximate surface area is 75.0 Å². The molecule has 1 atom stereocenters. The summed E-state index contributed by atoms with van der Waals surface area (Å²) in [5, 5.41) is 3.43. The third-order valence-corrected chi connectivity index (χ3v) is 2.56. The van der Waals surface area contributed by atoms with Gasteiger partial charge in [-0.05, 0) is 25.7 Å². The third-order valence-electron chi connectivity index (χ3n) is 2.56. The Hall–Kier alpha value is -0.340. The van der Waals surface area contributed by atoms with Gasteiger partial charge in [0.25, 0.3) is 0 Å². The van der Waals surface area contributed by atoms with Gasteiger partial charge in [0.15, 0.2) is 0 Å². The molecule has 1 rings (SSSR count). The highest BCUT2D eigenvalue weighted by molar-refractivity contribution is 4.78. The van der Waals surface area contributed by atoms with Crippen LogP contribution in [0.2, 0.25) is 0 Å². The normalized spacial score (nSPS) is 22.1. The molecule has 70 valence electrons. The molecular formula is C10H19NO. The van der Waals surface area contributed by atoms with Crippen LogP contribution in [0.15, 0.2) is 12.7 Å². The minimum atomic E-state index is 0.604. The predicted molar refractivity (Wildman–Crippen MR) is 51.2 cm³/mol. The van der Waals surface area contributed by atoms with Crippen LogP contribution in [0.1, 0.15) is 19.8 Å². The molecule has 12 heavy (non-hydrogen) atoms. The summed E-state index contributed by atoms with van der Waals surface area (Å²) in [5.41, 5.74) is 0. The molecule has 0 saturated carbocycles.